The van der Waals surface area contributed by atoms with E-state index in [4.69, 9.17) is 8.85 Å². The van der Waals surface area contributed by atoms with Gasteiger partial charge in [0.05, 0.1) is 29.1 Å². The summed E-state index contributed by atoms with van der Waals surface area (Å²) in [5, 5.41) is 10.9. The molecule has 1 saturated carbocycles. The molecule has 2 N–H and O–H groups in total. The quantitative estimate of drug-likeness (QED) is 0.695. The highest BCUT2D eigenvalue weighted by molar-refractivity contribution is 5.61. The molecule has 0 aromatic carbocycles. The van der Waals surface area contributed by atoms with E-state index in [0.717, 1.165) is 12.8 Å². The molecule has 1 aliphatic carbocycles. The minimum absolute atomic E-state index is 0.167. The number of methoxy groups -OCH3 is 1. The molecule has 9 heteroatoms. The van der Waals surface area contributed by atoms with Gasteiger partial charge < -0.3 is 15.4 Å². The molecule has 0 unspecified atom stereocenters. The van der Waals surface area contributed by atoms with E-state index >= 15 is 0 Å². The maximum absolute atomic E-state index is 14.2. The molecule has 1 saturated heterocycles. The molecule has 0 radical (unpaired) electrons. The maximum Gasteiger partial charge on any atom is 0.223 e. The van der Waals surface area contributed by atoms with E-state index in [1.54, 1.807) is 29.0 Å². The van der Waals surface area contributed by atoms with E-state index in [0.29, 0.717) is 48.2 Å². The van der Waals surface area contributed by atoms with E-state index in [-0.39, 0.29) is 11.7 Å². The lowest BCUT2D eigenvalue weighted by Crippen LogP contribution is -2.46. The third-order valence-corrected chi connectivity index (χ3v) is 5.19. The van der Waals surface area contributed by atoms with Crippen molar-refractivity contribution in [2.24, 2.45) is 0 Å². The van der Waals surface area contributed by atoms with Crippen molar-refractivity contribution in [2.75, 3.05) is 25.4 Å². The number of aromatic nitrogens is 5. The molecule has 146 valence electrons. The fourth-order valence-corrected chi connectivity index (χ4v) is 3.51. The number of ether oxygens (including phenoxy) is 1. The molecule has 0 amide bonds. The SMILES string of the molecule is [2H]C([2H])([2H])Oc1cc2ncc(-c3ccnc(N[C@H]4CNCC[C@@H]4F)n3)n2nc1C1CC1. The molecule has 3 aromatic rings. The average molecular weight is 386 g/mol. The second-order valence-corrected chi connectivity index (χ2v) is 7.21. The van der Waals surface area contributed by atoms with Crippen LogP contribution in [0.15, 0.2) is 24.5 Å². The summed E-state index contributed by atoms with van der Waals surface area (Å²) in [5.41, 5.74) is 2.25. The minimum Gasteiger partial charge on any atom is -0.495 e. The van der Waals surface area contributed by atoms with Crippen molar-refractivity contribution in [3.05, 3.63) is 30.2 Å². The summed E-state index contributed by atoms with van der Waals surface area (Å²) in [6.07, 6.45) is 4.55. The van der Waals surface area contributed by atoms with Gasteiger partial charge in [-0.25, -0.2) is 23.9 Å². The number of rotatable bonds is 5. The van der Waals surface area contributed by atoms with Gasteiger partial charge >= 0.3 is 0 Å². The Morgan fingerprint density at radius 3 is 3.11 bits per heavy atom. The summed E-state index contributed by atoms with van der Waals surface area (Å²) in [7, 11) is -2.56. The first kappa shape index (κ1) is 14.2. The van der Waals surface area contributed by atoms with Gasteiger partial charge in [-0.15, -0.1) is 0 Å². The van der Waals surface area contributed by atoms with Crippen LogP contribution >= 0.6 is 0 Å². The largest absolute Gasteiger partial charge is 0.495 e. The first-order valence-corrected chi connectivity index (χ1v) is 9.40. The molecule has 5 rings (SSSR count). The Morgan fingerprint density at radius 1 is 1.36 bits per heavy atom. The number of hydrogen-bond acceptors (Lipinski definition) is 7. The number of fused-ring (bicyclic) bond motifs is 1. The molecule has 2 atom stereocenters. The predicted molar refractivity (Wildman–Crippen MR) is 102 cm³/mol. The van der Waals surface area contributed by atoms with E-state index in [2.05, 4.69) is 30.7 Å². The summed E-state index contributed by atoms with van der Waals surface area (Å²) >= 11 is 0. The van der Waals surface area contributed by atoms with E-state index in [1.807, 2.05) is 0 Å². The highest BCUT2D eigenvalue weighted by Crippen LogP contribution is 2.43. The Bertz CT molecular complexity index is 1100. The topological polar surface area (TPSA) is 89.3 Å². The van der Waals surface area contributed by atoms with Crippen molar-refractivity contribution >= 4 is 11.6 Å². The molecule has 0 spiro atoms. The number of hydrogen-bond donors (Lipinski definition) is 2. The van der Waals surface area contributed by atoms with Gasteiger partial charge in [0.1, 0.15) is 23.3 Å². The Kier molecular flexibility index (Phi) is 3.54. The van der Waals surface area contributed by atoms with Gasteiger partial charge in [-0.2, -0.15) is 5.10 Å². The molecule has 28 heavy (non-hydrogen) atoms. The Balaban J connectivity index is 1.48. The second kappa shape index (κ2) is 6.97. The Morgan fingerprint density at radius 2 is 2.29 bits per heavy atom. The van der Waals surface area contributed by atoms with Gasteiger partial charge in [-0.3, -0.25) is 0 Å². The van der Waals surface area contributed by atoms with Crippen molar-refractivity contribution in [1.29, 1.82) is 0 Å². The third-order valence-electron chi connectivity index (χ3n) is 5.19. The number of halogens is 1. The lowest BCUT2D eigenvalue weighted by molar-refractivity contribution is 0.240. The van der Waals surface area contributed by atoms with Crippen LogP contribution in [-0.2, 0) is 0 Å². The third kappa shape index (κ3) is 3.15. The molecule has 3 aromatic heterocycles. The molecule has 8 nitrogen and oxygen atoms in total. The smallest absolute Gasteiger partial charge is 0.223 e. The molecular formula is C19H22FN7O. The number of nitrogens with one attached hydrogen (secondary N) is 2. The zero-order valence-electron chi connectivity index (χ0n) is 18.1. The number of imidazole rings is 1. The Labute approximate surface area is 165 Å². The summed E-state index contributed by atoms with van der Waals surface area (Å²) in [5.74, 6) is 0.726. The molecule has 2 fully saturated rings. The standard InChI is InChI=1S/C19H22FN7O/c1-28-16-8-17-23-10-15(27(17)26-18(16)11-2-3-11)13-5-7-22-19(24-13)25-14-9-21-6-4-12(14)20/h5,7-8,10-12,14,21H,2-4,6,9H2,1H3,(H,22,24,25)/t12-,14-/m0/s1/i1D3. The van der Waals surface area contributed by atoms with Crippen LogP contribution in [-0.4, -0.2) is 56.9 Å². The molecule has 4 heterocycles. The fraction of sp³-hybridized carbons (Fsp3) is 0.474. The summed E-state index contributed by atoms with van der Waals surface area (Å²) < 4.78 is 43.2. The van der Waals surface area contributed by atoms with Crippen molar-refractivity contribution in [3.63, 3.8) is 0 Å². The molecule has 2 aliphatic rings. The number of anilines is 1. The summed E-state index contributed by atoms with van der Waals surface area (Å²) in [6, 6.07) is 2.93. The van der Waals surface area contributed by atoms with Gasteiger partial charge in [0.25, 0.3) is 0 Å². The van der Waals surface area contributed by atoms with Crippen LogP contribution < -0.4 is 15.4 Å². The van der Waals surface area contributed by atoms with Crippen molar-refractivity contribution in [3.8, 4) is 17.1 Å². The minimum atomic E-state index is -2.56. The highest BCUT2D eigenvalue weighted by Gasteiger charge is 2.30. The number of piperidine rings is 1. The van der Waals surface area contributed by atoms with Crippen LogP contribution in [0.3, 0.4) is 0 Å². The van der Waals surface area contributed by atoms with Gasteiger partial charge in [0, 0.05) is 24.7 Å². The van der Waals surface area contributed by atoms with Gasteiger partial charge in [0.15, 0.2) is 5.65 Å². The lowest BCUT2D eigenvalue weighted by atomic mass is 10.1. The zero-order valence-corrected chi connectivity index (χ0v) is 15.1. The zero-order chi connectivity index (χ0) is 21.6. The average Bonchev–Trinajstić information content (AvgIpc) is 3.48. The van der Waals surface area contributed by atoms with Gasteiger partial charge in [-0.1, -0.05) is 0 Å². The van der Waals surface area contributed by atoms with Crippen molar-refractivity contribution in [1.82, 2.24) is 29.9 Å². The predicted octanol–water partition coefficient (Wildman–Crippen LogP) is 2.18. The summed E-state index contributed by atoms with van der Waals surface area (Å²) in [4.78, 5) is 13.1. The lowest BCUT2D eigenvalue weighted by Gasteiger charge is -2.27. The number of alkyl halides is 1. The van der Waals surface area contributed by atoms with Crippen molar-refractivity contribution in [2.45, 2.75) is 37.4 Å². The number of nitrogens with zero attached hydrogens (tertiary/aromatic N) is 5. The van der Waals surface area contributed by atoms with Crippen molar-refractivity contribution < 1.29 is 13.2 Å². The van der Waals surface area contributed by atoms with Crippen LogP contribution in [0.4, 0.5) is 10.3 Å². The van der Waals surface area contributed by atoms with E-state index in [9.17, 15) is 4.39 Å². The van der Waals surface area contributed by atoms with E-state index in [1.165, 1.54) is 0 Å². The fourth-order valence-electron chi connectivity index (χ4n) is 3.51. The monoisotopic (exact) mass is 386 g/mol. The first-order valence-electron chi connectivity index (χ1n) is 10.9. The van der Waals surface area contributed by atoms with Crippen LogP contribution in [0.2, 0.25) is 0 Å². The molecule has 1 aliphatic heterocycles. The highest BCUT2D eigenvalue weighted by atomic mass is 19.1. The van der Waals surface area contributed by atoms with Gasteiger partial charge in [-0.05, 0) is 31.9 Å². The molecular weight excluding hydrogens is 361 g/mol. The Hall–Kier alpha value is -2.81. The van der Waals surface area contributed by atoms with E-state index < -0.39 is 19.3 Å². The van der Waals surface area contributed by atoms with Gasteiger partial charge in [0.2, 0.25) is 5.95 Å². The second-order valence-electron chi connectivity index (χ2n) is 7.21. The molecule has 0 bridgehead atoms. The van der Waals surface area contributed by atoms with Crippen LogP contribution in [0.1, 0.15) is 35.0 Å². The van der Waals surface area contributed by atoms with Crippen LogP contribution in [0, 0.1) is 0 Å². The summed E-state index contributed by atoms with van der Waals surface area (Å²) in [6.45, 7) is 1.16. The normalized spacial score (nSPS) is 24.4. The van der Waals surface area contributed by atoms with Crippen LogP contribution in [0.5, 0.6) is 5.75 Å². The maximum atomic E-state index is 14.2. The first-order chi connectivity index (χ1) is 14.9. The van der Waals surface area contributed by atoms with Crippen LogP contribution in [0.25, 0.3) is 17.0 Å².